The van der Waals surface area contributed by atoms with Crippen LogP contribution < -0.4 is 5.32 Å². The lowest BCUT2D eigenvalue weighted by molar-refractivity contribution is 0.0933. The van der Waals surface area contributed by atoms with Gasteiger partial charge in [0.25, 0.3) is 5.91 Å². The minimum absolute atomic E-state index is 0.0466. The van der Waals surface area contributed by atoms with E-state index < -0.39 is 0 Å². The van der Waals surface area contributed by atoms with Crippen LogP contribution in [0.2, 0.25) is 0 Å². The molecule has 140 valence electrons. The molecule has 0 aromatic carbocycles. The fourth-order valence-corrected chi connectivity index (χ4v) is 4.15. The van der Waals surface area contributed by atoms with Crippen LogP contribution >= 0.6 is 11.3 Å². The summed E-state index contributed by atoms with van der Waals surface area (Å²) in [4.78, 5) is 25.2. The molecular formula is C20H28N4OS. The van der Waals surface area contributed by atoms with Crippen LogP contribution in [0.5, 0.6) is 0 Å². The summed E-state index contributed by atoms with van der Waals surface area (Å²) in [5.41, 5.74) is 1.45. The molecule has 1 fully saturated rings. The summed E-state index contributed by atoms with van der Waals surface area (Å²) in [6.07, 6.45) is 3.93. The Morgan fingerprint density at radius 2 is 2.15 bits per heavy atom. The van der Waals surface area contributed by atoms with Gasteiger partial charge in [0.2, 0.25) is 0 Å². The van der Waals surface area contributed by atoms with Gasteiger partial charge in [-0.2, -0.15) is 0 Å². The number of hydrogen-bond acceptors (Lipinski definition) is 5. The van der Waals surface area contributed by atoms with Crippen molar-refractivity contribution in [1.29, 1.82) is 0 Å². The molecular weight excluding hydrogens is 344 g/mol. The summed E-state index contributed by atoms with van der Waals surface area (Å²) in [6, 6.07) is 4.31. The molecule has 0 atom stereocenters. The molecule has 2 aromatic heterocycles. The molecule has 0 aliphatic carbocycles. The quantitative estimate of drug-likeness (QED) is 0.841. The first-order chi connectivity index (χ1) is 12.5. The number of amides is 1. The molecule has 26 heavy (non-hydrogen) atoms. The molecule has 6 heteroatoms. The van der Waals surface area contributed by atoms with E-state index in [-0.39, 0.29) is 11.8 Å². The van der Waals surface area contributed by atoms with Crippen molar-refractivity contribution in [3.63, 3.8) is 0 Å². The molecule has 1 amide bonds. The highest BCUT2D eigenvalue weighted by molar-refractivity contribution is 7.09. The number of carbonyl (C=O) groups excluding carboxylic acids is 1. The predicted octanol–water partition coefficient (Wildman–Crippen LogP) is 3.61. The third-order valence-electron chi connectivity index (χ3n) is 4.95. The van der Waals surface area contributed by atoms with E-state index in [2.05, 4.69) is 51.5 Å². The van der Waals surface area contributed by atoms with E-state index in [4.69, 9.17) is 0 Å². The monoisotopic (exact) mass is 372 g/mol. The number of nitrogens with one attached hydrogen (secondary N) is 1. The Kier molecular flexibility index (Phi) is 6.38. The van der Waals surface area contributed by atoms with Crippen molar-refractivity contribution in [2.75, 3.05) is 19.6 Å². The zero-order valence-corrected chi connectivity index (χ0v) is 16.7. The van der Waals surface area contributed by atoms with Crippen LogP contribution in [-0.4, -0.2) is 40.4 Å². The van der Waals surface area contributed by atoms with E-state index in [0.717, 1.165) is 44.7 Å². The summed E-state index contributed by atoms with van der Waals surface area (Å²) in [7, 11) is 0. The van der Waals surface area contributed by atoms with Gasteiger partial charge in [-0.15, -0.1) is 11.3 Å². The van der Waals surface area contributed by atoms with Crippen molar-refractivity contribution in [2.45, 2.75) is 46.1 Å². The van der Waals surface area contributed by atoms with Crippen molar-refractivity contribution >= 4 is 17.2 Å². The lowest BCUT2D eigenvalue weighted by Crippen LogP contribution is -2.38. The molecule has 1 saturated heterocycles. The Balaban J connectivity index is 1.48. The Labute approximate surface area is 159 Å². The van der Waals surface area contributed by atoms with Gasteiger partial charge in [-0.25, -0.2) is 9.97 Å². The van der Waals surface area contributed by atoms with E-state index in [1.165, 1.54) is 4.88 Å². The first kappa shape index (κ1) is 19.0. The van der Waals surface area contributed by atoms with E-state index in [1.807, 2.05) is 18.3 Å². The average Bonchev–Trinajstić information content (AvgIpc) is 3.13. The topological polar surface area (TPSA) is 58.1 Å². The number of hydrogen-bond donors (Lipinski definition) is 1. The summed E-state index contributed by atoms with van der Waals surface area (Å²) in [6.45, 7) is 9.96. The summed E-state index contributed by atoms with van der Waals surface area (Å²) in [5, 5.41) is 5.25. The zero-order valence-electron chi connectivity index (χ0n) is 15.9. The average molecular weight is 373 g/mol. The van der Waals surface area contributed by atoms with Crippen LogP contribution in [0.3, 0.4) is 0 Å². The number of rotatable bonds is 6. The van der Waals surface area contributed by atoms with Crippen molar-refractivity contribution in [1.82, 2.24) is 20.2 Å². The van der Waals surface area contributed by atoms with Crippen molar-refractivity contribution < 1.29 is 4.79 Å². The maximum atomic E-state index is 12.6. The van der Waals surface area contributed by atoms with Crippen LogP contribution in [0.4, 0.5) is 0 Å². The fraction of sp³-hybridized carbons (Fsp3) is 0.550. The van der Waals surface area contributed by atoms with Gasteiger partial charge >= 0.3 is 0 Å². The summed E-state index contributed by atoms with van der Waals surface area (Å²) >= 11 is 1.82. The summed E-state index contributed by atoms with van der Waals surface area (Å²) in [5.74, 6) is 1.42. The van der Waals surface area contributed by atoms with Gasteiger partial charge in [0.1, 0.15) is 5.82 Å². The highest BCUT2D eigenvalue weighted by atomic mass is 32.1. The van der Waals surface area contributed by atoms with Gasteiger partial charge in [0.15, 0.2) is 0 Å². The minimum atomic E-state index is -0.0466. The standard InChI is InChI=1S/C20H28N4OS/c1-14(2)19-18(12-21-15(3)23-19)20(25)22-11-16-6-8-24(9-7-16)13-17-5-4-10-26-17/h4-5,10,12,14,16H,6-9,11,13H2,1-3H3,(H,22,25). The Morgan fingerprint density at radius 1 is 1.38 bits per heavy atom. The number of aromatic nitrogens is 2. The number of likely N-dealkylation sites (tertiary alicyclic amines) is 1. The van der Waals surface area contributed by atoms with E-state index >= 15 is 0 Å². The molecule has 5 nitrogen and oxygen atoms in total. The maximum Gasteiger partial charge on any atom is 0.254 e. The largest absolute Gasteiger partial charge is 0.352 e. The van der Waals surface area contributed by atoms with Crippen molar-refractivity contribution in [3.05, 3.63) is 45.7 Å². The molecule has 0 saturated carbocycles. The van der Waals surface area contributed by atoms with Gasteiger partial charge in [-0.1, -0.05) is 19.9 Å². The van der Waals surface area contributed by atoms with Crippen LogP contribution in [-0.2, 0) is 6.54 Å². The third kappa shape index (κ3) is 4.89. The van der Waals surface area contributed by atoms with Crippen molar-refractivity contribution in [3.8, 4) is 0 Å². The molecule has 1 N–H and O–H groups in total. The molecule has 0 radical (unpaired) electrons. The smallest absolute Gasteiger partial charge is 0.254 e. The van der Waals surface area contributed by atoms with Gasteiger partial charge < -0.3 is 5.32 Å². The molecule has 3 rings (SSSR count). The number of aryl methyl sites for hydroxylation is 1. The number of nitrogens with zero attached hydrogens (tertiary/aromatic N) is 3. The molecule has 2 aromatic rings. The first-order valence-corrected chi connectivity index (χ1v) is 10.3. The van der Waals surface area contributed by atoms with Crippen LogP contribution in [0.25, 0.3) is 0 Å². The number of thiophene rings is 1. The maximum absolute atomic E-state index is 12.6. The van der Waals surface area contributed by atoms with Gasteiger partial charge in [0, 0.05) is 24.2 Å². The van der Waals surface area contributed by atoms with Gasteiger partial charge in [-0.05, 0) is 56.1 Å². The second-order valence-electron chi connectivity index (χ2n) is 7.38. The van der Waals surface area contributed by atoms with Crippen LogP contribution in [0.1, 0.15) is 59.4 Å². The second kappa shape index (κ2) is 8.73. The Bertz CT molecular complexity index is 721. The zero-order chi connectivity index (χ0) is 18.5. The Hall–Kier alpha value is -1.79. The lowest BCUT2D eigenvalue weighted by atomic mass is 9.96. The highest BCUT2D eigenvalue weighted by Gasteiger charge is 2.21. The number of piperidine rings is 1. The SMILES string of the molecule is Cc1ncc(C(=O)NCC2CCN(Cc3cccs3)CC2)c(C(C)C)n1. The summed E-state index contributed by atoms with van der Waals surface area (Å²) < 4.78 is 0. The van der Waals surface area contributed by atoms with Crippen LogP contribution in [0.15, 0.2) is 23.7 Å². The van der Waals surface area contributed by atoms with E-state index in [9.17, 15) is 4.79 Å². The molecule has 0 spiro atoms. The fourth-order valence-electron chi connectivity index (χ4n) is 3.41. The highest BCUT2D eigenvalue weighted by Crippen LogP contribution is 2.21. The molecule has 1 aliphatic heterocycles. The van der Waals surface area contributed by atoms with E-state index in [1.54, 1.807) is 6.20 Å². The predicted molar refractivity (Wildman–Crippen MR) is 106 cm³/mol. The second-order valence-corrected chi connectivity index (χ2v) is 8.41. The van der Waals surface area contributed by atoms with E-state index in [0.29, 0.717) is 17.3 Å². The number of carbonyl (C=O) groups is 1. The van der Waals surface area contributed by atoms with Gasteiger partial charge in [-0.3, -0.25) is 9.69 Å². The third-order valence-corrected chi connectivity index (χ3v) is 5.81. The molecule has 3 heterocycles. The van der Waals surface area contributed by atoms with Gasteiger partial charge in [0.05, 0.1) is 11.3 Å². The molecule has 0 unspecified atom stereocenters. The Morgan fingerprint density at radius 3 is 2.81 bits per heavy atom. The first-order valence-electron chi connectivity index (χ1n) is 9.39. The molecule has 0 bridgehead atoms. The molecule has 1 aliphatic rings. The minimum Gasteiger partial charge on any atom is -0.352 e. The lowest BCUT2D eigenvalue weighted by Gasteiger charge is -2.31. The van der Waals surface area contributed by atoms with Crippen LogP contribution in [0, 0.1) is 12.8 Å². The van der Waals surface area contributed by atoms with Crippen molar-refractivity contribution in [2.24, 2.45) is 5.92 Å². The normalized spacial score (nSPS) is 16.2.